The molecule has 0 saturated heterocycles. The van der Waals surface area contributed by atoms with E-state index in [0.29, 0.717) is 6.54 Å². The van der Waals surface area contributed by atoms with Crippen LogP contribution in [0.3, 0.4) is 0 Å². The Labute approximate surface area is 87.2 Å². The van der Waals surface area contributed by atoms with Crippen LogP contribution in [-0.2, 0) is 11.3 Å². The summed E-state index contributed by atoms with van der Waals surface area (Å²) in [5.41, 5.74) is 0.985. The van der Waals surface area contributed by atoms with E-state index in [2.05, 4.69) is 4.99 Å². The average Bonchev–Trinajstić information content (AvgIpc) is 2.25. The van der Waals surface area contributed by atoms with Crippen molar-refractivity contribution in [3.8, 4) is 5.75 Å². The van der Waals surface area contributed by atoms with Gasteiger partial charge in [0.2, 0.25) is 6.08 Å². The highest BCUT2D eigenvalue weighted by molar-refractivity contribution is 7.98. The zero-order valence-corrected chi connectivity index (χ0v) is 8.93. The van der Waals surface area contributed by atoms with Crippen LogP contribution in [0.2, 0.25) is 0 Å². The predicted molar refractivity (Wildman–Crippen MR) is 56.6 cm³/mol. The van der Waals surface area contributed by atoms with E-state index >= 15 is 0 Å². The summed E-state index contributed by atoms with van der Waals surface area (Å²) in [5.74, 6) is 0.844. The van der Waals surface area contributed by atoms with E-state index < -0.39 is 0 Å². The fourth-order valence-electron chi connectivity index (χ4n) is 1.10. The lowest BCUT2D eigenvalue weighted by Gasteiger charge is -2.06. The lowest BCUT2D eigenvalue weighted by atomic mass is 10.2. The lowest BCUT2D eigenvalue weighted by Crippen LogP contribution is -1.88. The number of nitrogens with zero attached hydrogens (tertiary/aromatic N) is 1. The Balaban J connectivity index is 2.94. The number of aliphatic imine (C=N–C) groups is 1. The summed E-state index contributed by atoms with van der Waals surface area (Å²) < 4.78 is 5.17. The van der Waals surface area contributed by atoms with Gasteiger partial charge in [0.25, 0.3) is 0 Å². The Morgan fingerprint density at radius 2 is 2.36 bits per heavy atom. The Hall–Kier alpha value is -1.25. The Morgan fingerprint density at radius 3 is 2.93 bits per heavy atom. The number of hydrogen-bond donors (Lipinski definition) is 0. The van der Waals surface area contributed by atoms with Crippen molar-refractivity contribution >= 4 is 17.8 Å². The van der Waals surface area contributed by atoms with Crippen LogP contribution in [-0.4, -0.2) is 19.4 Å². The van der Waals surface area contributed by atoms with Crippen LogP contribution < -0.4 is 4.74 Å². The second-order valence-electron chi connectivity index (χ2n) is 2.60. The Bertz CT molecular complexity index is 359. The van der Waals surface area contributed by atoms with Gasteiger partial charge in [-0.3, -0.25) is 0 Å². The maximum absolute atomic E-state index is 9.93. The fraction of sp³-hybridized carbons (Fsp3) is 0.300. The summed E-state index contributed by atoms with van der Waals surface area (Å²) in [4.78, 5) is 14.5. The largest absolute Gasteiger partial charge is 0.496 e. The van der Waals surface area contributed by atoms with Crippen LogP contribution in [0.5, 0.6) is 5.75 Å². The molecule has 0 aliphatic heterocycles. The first-order valence-electron chi connectivity index (χ1n) is 4.06. The van der Waals surface area contributed by atoms with E-state index in [-0.39, 0.29) is 0 Å². The molecule has 0 bridgehead atoms. The lowest BCUT2D eigenvalue weighted by molar-refractivity contribution is 0.404. The van der Waals surface area contributed by atoms with E-state index in [0.717, 1.165) is 16.2 Å². The van der Waals surface area contributed by atoms with Crippen molar-refractivity contribution in [2.45, 2.75) is 11.4 Å². The zero-order valence-electron chi connectivity index (χ0n) is 8.11. The van der Waals surface area contributed by atoms with Gasteiger partial charge in [0.1, 0.15) is 5.75 Å². The van der Waals surface area contributed by atoms with Crippen LogP contribution in [0, 0.1) is 0 Å². The molecule has 0 unspecified atom stereocenters. The van der Waals surface area contributed by atoms with Gasteiger partial charge in [0, 0.05) is 4.90 Å². The van der Waals surface area contributed by atoms with Crippen molar-refractivity contribution in [2.75, 3.05) is 13.4 Å². The summed E-state index contributed by atoms with van der Waals surface area (Å²) >= 11 is 1.60. The maximum atomic E-state index is 9.93. The number of rotatable bonds is 4. The third kappa shape index (κ3) is 2.62. The Morgan fingerprint density at radius 1 is 1.57 bits per heavy atom. The first kappa shape index (κ1) is 10.8. The number of hydrogen-bond acceptors (Lipinski definition) is 4. The average molecular weight is 209 g/mol. The molecule has 74 valence electrons. The topological polar surface area (TPSA) is 38.7 Å². The van der Waals surface area contributed by atoms with Gasteiger partial charge in [0.05, 0.1) is 13.7 Å². The van der Waals surface area contributed by atoms with Gasteiger partial charge < -0.3 is 4.74 Å². The molecule has 0 amide bonds. The highest BCUT2D eigenvalue weighted by atomic mass is 32.2. The predicted octanol–water partition coefficient (Wildman–Crippen LogP) is 2.25. The number of isocyanates is 1. The second kappa shape index (κ2) is 5.47. The molecule has 0 aliphatic carbocycles. The SMILES string of the molecule is COc1ccc(CN=C=O)cc1SC. The third-order valence-electron chi connectivity index (χ3n) is 1.77. The number of methoxy groups -OCH3 is 1. The molecule has 0 heterocycles. The fourth-order valence-corrected chi connectivity index (χ4v) is 1.72. The number of carbonyl (C=O) groups excluding carboxylic acids is 1. The van der Waals surface area contributed by atoms with Crippen LogP contribution in [0.25, 0.3) is 0 Å². The van der Waals surface area contributed by atoms with Gasteiger partial charge in [-0.25, -0.2) is 9.79 Å². The van der Waals surface area contributed by atoms with Gasteiger partial charge >= 0.3 is 0 Å². The molecule has 0 aliphatic rings. The monoisotopic (exact) mass is 209 g/mol. The zero-order chi connectivity index (χ0) is 10.4. The molecule has 0 atom stereocenters. The molecule has 3 nitrogen and oxygen atoms in total. The van der Waals surface area contributed by atoms with Crippen molar-refractivity contribution in [1.29, 1.82) is 0 Å². The summed E-state index contributed by atoms with van der Waals surface area (Å²) in [7, 11) is 1.64. The minimum absolute atomic E-state index is 0.376. The molecule has 0 spiro atoms. The van der Waals surface area contributed by atoms with Crippen molar-refractivity contribution in [2.24, 2.45) is 4.99 Å². The molecule has 1 aromatic rings. The summed E-state index contributed by atoms with van der Waals surface area (Å²) in [6.07, 6.45) is 3.50. The van der Waals surface area contributed by atoms with Gasteiger partial charge in [-0.15, -0.1) is 11.8 Å². The van der Waals surface area contributed by atoms with Crippen LogP contribution in [0.1, 0.15) is 5.56 Å². The highest BCUT2D eigenvalue weighted by Gasteiger charge is 2.02. The molecular formula is C10H11NO2S. The number of benzene rings is 1. The van der Waals surface area contributed by atoms with Gasteiger partial charge in [-0.2, -0.15) is 0 Å². The molecule has 14 heavy (non-hydrogen) atoms. The molecule has 1 rings (SSSR count). The molecular weight excluding hydrogens is 198 g/mol. The second-order valence-corrected chi connectivity index (χ2v) is 3.44. The standard InChI is InChI=1S/C10H11NO2S/c1-13-9-4-3-8(6-11-7-12)5-10(9)14-2/h3-5H,6H2,1-2H3. The van der Waals surface area contributed by atoms with Crippen LogP contribution in [0.15, 0.2) is 28.1 Å². The van der Waals surface area contributed by atoms with Crippen molar-refractivity contribution in [3.05, 3.63) is 23.8 Å². The number of thioether (sulfide) groups is 1. The van der Waals surface area contributed by atoms with E-state index in [1.165, 1.54) is 6.08 Å². The minimum Gasteiger partial charge on any atom is -0.496 e. The molecule has 4 heteroatoms. The summed E-state index contributed by atoms with van der Waals surface area (Å²) in [6.45, 7) is 0.376. The van der Waals surface area contributed by atoms with E-state index in [1.807, 2.05) is 24.5 Å². The third-order valence-corrected chi connectivity index (χ3v) is 2.53. The van der Waals surface area contributed by atoms with Crippen LogP contribution >= 0.6 is 11.8 Å². The van der Waals surface area contributed by atoms with Crippen molar-refractivity contribution < 1.29 is 9.53 Å². The molecule has 1 aromatic carbocycles. The van der Waals surface area contributed by atoms with Gasteiger partial charge in [0.15, 0.2) is 0 Å². The first-order valence-corrected chi connectivity index (χ1v) is 5.29. The quantitative estimate of drug-likeness (QED) is 0.433. The summed E-state index contributed by atoms with van der Waals surface area (Å²) in [5, 5.41) is 0. The van der Waals surface area contributed by atoms with Crippen molar-refractivity contribution in [1.82, 2.24) is 0 Å². The van der Waals surface area contributed by atoms with E-state index in [1.54, 1.807) is 18.9 Å². The normalized spacial score (nSPS) is 9.29. The minimum atomic E-state index is 0.376. The first-order chi connectivity index (χ1) is 6.81. The highest BCUT2D eigenvalue weighted by Crippen LogP contribution is 2.28. The van der Waals surface area contributed by atoms with Crippen LogP contribution in [0.4, 0.5) is 0 Å². The molecule has 0 fully saturated rings. The molecule has 0 aromatic heterocycles. The molecule has 0 N–H and O–H groups in total. The number of ether oxygens (including phenoxy) is 1. The van der Waals surface area contributed by atoms with Crippen molar-refractivity contribution in [3.63, 3.8) is 0 Å². The van der Waals surface area contributed by atoms with Gasteiger partial charge in [-0.1, -0.05) is 6.07 Å². The van der Waals surface area contributed by atoms with Gasteiger partial charge in [-0.05, 0) is 24.0 Å². The Kier molecular flexibility index (Phi) is 4.23. The summed E-state index contributed by atoms with van der Waals surface area (Å²) in [6, 6.07) is 5.73. The van der Waals surface area contributed by atoms with E-state index in [9.17, 15) is 4.79 Å². The molecule has 0 radical (unpaired) electrons. The smallest absolute Gasteiger partial charge is 0.235 e. The molecule has 0 saturated carbocycles. The van der Waals surface area contributed by atoms with E-state index in [4.69, 9.17) is 4.74 Å². The maximum Gasteiger partial charge on any atom is 0.235 e.